The summed E-state index contributed by atoms with van der Waals surface area (Å²) in [6.07, 6.45) is 7.32. The van der Waals surface area contributed by atoms with E-state index in [0.717, 1.165) is 23.5 Å². The van der Waals surface area contributed by atoms with E-state index in [9.17, 15) is 0 Å². The van der Waals surface area contributed by atoms with Crippen LogP contribution < -0.4 is 4.90 Å². The van der Waals surface area contributed by atoms with Gasteiger partial charge in [0.2, 0.25) is 0 Å². The average Bonchev–Trinajstić information content (AvgIpc) is 3.92. The molecule has 11 rings (SSSR count). The zero-order valence-electron chi connectivity index (χ0n) is 33.2. The first-order valence-electron chi connectivity index (χ1n) is 20.4. The van der Waals surface area contributed by atoms with Gasteiger partial charge in [0.15, 0.2) is 0 Å². The van der Waals surface area contributed by atoms with E-state index in [2.05, 4.69) is 218 Å². The molecule has 0 saturated heterocycles. The second kappa shape index (κ2) is 13.9. The van der Waals surface area contributed by atoms with Crippen LogP contribution in [-0.4, -0.2) is 4.57 Å². The quantitative estimate of drug-likeness (QED) is 0.149. The average molecular weight is 775 g/mol. The summed E-state index contributed by atoms with van der Waals surface area (Å²) in [7, 11) is 0. The molecule has 1 aromatic heterocycles. The van der Waals surface area contributed by atoms with Crippen molar-refractivity contribution in [2.45, 2.75) is 30.6 Å². The Bertz CT molecular complexity index is 3200. The molecule has 0 radical (unpaired) electrons. The summed E-state index contributed by atoms with van der Waals surface area (Å²) in [4.78, 5) is 5.01. The standard InChI is InChI=1S/C56H42N2S/c1-4-15-42(35-44-34-40-19-14-25-53(55(40)59-44)58-52-24-13-11-22-48(52)49-32-28-39-18-8-9-20-45(39)54(49)58)57(41-29-26-38(27-30-41)37-16-6-5-7-17-37)43-31-33-47-46-21-10-12-23-50(46)56(2,3)51(47)36-43/h4-33,35-36H,1,34H2,2-3H3/b42-15+,44-35+. The van der Waals surface area contributed by atoms with Crippen LogP contribution in [0.25, 0.3) is 60.5 Å². The molecule has 9 aromatic rings. The number of hydrogen-bond donors (Lipinski definition) is 0. The van der Waals surface area contributed by atoms with Crippen molar-refractivity contribution in [1.82, 2.24) is 4.57 Å². The Morgan fingerprint density at radius 1 is 0.627 bits per heavy atom. The molecule has 2 aliphatic rings. The molecule has 1 aliphatic carbocycles. The third kappa shape index (κ3) is 5.72. The molecular formula is C56H42N2S. The third-order valence-corrected chi connectivity index (χ3v) is 13.6. The van der Waals surface area contributed by atoms with Crippen molar-refractivity contribution in [3.05, 3.63) is 228 Å². The van der Waals surface area contributed by atoms with Gasteiger partial charge in [-0.3, -0.25) is 0 Å². The maximum Gasteiger partial charge on any atom is 0.0619 e. The molecule has 0 fully saturated rings. The molecule has 0 N–H and O–H groups in total. The van der Waals surface area contributed by atoms with Crippen LogP contribution in [-0.2, 0) is 11.8 Å². The predicted molar refractivity (Wildman–Crippen MR) is 252 cm³/mol. The molecule has 1 aliphatic heterocycles. The fourth-order valence-corrected chi connectivity index (χ4v) is 10.8. The normalized spacial score (nSPS) is 14.8. The lowest BCUT2D eigenvalue weighted by atomic mass is 9.82. The summed E-state index contributed by atoms with van der Waals surface area (Å²) in [5.41, 5.74) is 16.0. The Balaban J connectivity index is 1.04. The molecule has 8 aromatic carbocycles. The maximum atomic E-state index is 4.23. The zero-order valence-corrected chi connectivity index (χ0v) is 34.0. The van der Waals surface area contributed by atoms with Gasteiger partial charge in [0.05, 0.1) is 16.7 Å². The van der Waals surface area contributed by atoms with Crippen molar-refractivity contribution in [1.29, 1.82) is 0 Å². The molecule has 0 atom stereocenters. The topological polar surface area (TPSA) is 8.17 Å². The van der Waals surface area contributed by atoms with Gasteiger partial charge >= 0.3 is 0 Å². The minimum Gasteiger partial charge on any atom is -0.310 e. The summed E-state index contributed by atoms with van der Waals surface area (Å²) in [6.45, 7) is 8.94. The van der Waals surface area contributed by atoms with E-state index < -0.39 is 0 Å². The second-order valence-electron chi connectivity index (χ2n) is 16.2. The van der Waals surface area contributed by atoms with Crippen LogP contribution in [0, 0.1) is 0 Å². The predicted octanol–water partition coefficient (Wildman–Crippen LogP) is 15.4. The van der Waals surface area contributed by atoms with Gasteiger partial charge in [-0.1, -0.05) is 178 Å². The van der Waals surface area contributed by atoms with Crippen molar-refractivity contribution in [2.24, 2.45) is 0 Å². The van der Waals surface area contributed by atoms with Gasteiger partial charge in [0, 0.05) is 50.0 Å². The lowest BCUT2D eigenvalue weighted by Crippen LogP contribution is -2.18. The van der Waals surface area contributed by atoms with Gasteiger partial charge in [0.25, 0.3) is 0 Å². The van der Waals surface area contributed by atoms with Crippen LogP contribution >= 0.6 is 11.8 Å². The van der Waals surface area contributed by atoms with Crippen LogP contribution in [0.5, 0.6) is 0 Å². The summed E-state index contributed by atoms with van der Waals surface area (Å²) in [5, 5.41) is 5.07. The van der Waals surface area contributed by atoms with E-state index in [0.29, 0.717) is 0 Å². The molecular weight excluding hydrogens is 733 g/mol. The van der Waals surface area contributed by atoms with Crippen LogP contribution in [0.4, 0.5) is 11.4 Å². The van der Waals surface area contributed by atoms with Gasteiger partial charge in [-0.2, -0.15) is 0 Å². The molecule has 0 bridgehead atoms. The Kier molecular flexibility index (Phi) is 8.35. The first kappa shape index (κ1) is 35.4. The number of benzene rings is 8. The third-order valence-electron chi connectivity index (χ3n) is 12.4. The number of aromatic nitrogens is 1. The number of allylic oxidation sites excluding steroid dienone is 4. The molecule has 282 valence electrons. The number of para-hydroxylation sites is 1. The zero-order chi connectivity index (χ0) is 39.7. The number of fused-ring (bicyclic) bond motifs is 9. The molecule has 0 unspecified atom stereocenters. The first-order valence-corrected chi connectivity index (χ1v) is 21.2. The largest absolute Gasteiger partial charge is 0.310 e. The van der Waals surface area contributed by atoms with Crippen LogP contribution in [0.3, 0.4) is 0 Å². The van der Waals surface area contributed by atoms with Crippen molar-refractivity contribution >= 4 is 55.7 Å². The Labute approximate surface area is 350 Å². The molecule has 3 heteroatoms. The van der Waals surface area contributed by atoms with Crippen molar-refractivity contribution in [2.75, 3.05) is 4.90 Å². The number of hydrogen-bond acceptors (Lipinski definition) is 2. The highest BCUT2D eigenvalue weighted by Gasteiger charge is 2.36. The van der Waals surface area contributed by atoms with E-state index in [1.807, 2.05) is 17.8 Å². The number of nitrogens with zero attached hydrogens (tertiary/aromatic N) is 2. The van der Waals surface area contributed by atoms with Gasteiger partial charge in [-0.15, -0.1) is 0 Å². The van der Waals surface area contributed by atoms with E-state index in [4.69, 9.17) is 0 Å². The minimum absolute atomic E-state index is 0.122. The van der Waals surface area contributed by atoms with Gasteiger partial charge < -0.3 is 9.47 Å². The Morgan fingerprint density at radius 3 is 2.19 bits per heavy atom. The van der Waals surface area contributed by atoms with Crippen LogP contribution in [0.2, 0.25) is 0 Å². The summed E-state index contributed by atoms with van der Waals surface area (Å²) in [5.74, 6) is 0. The van der Waals surface area contributed by atoms with Gasteiger partial charge in [-0.05, 0) is 97.8 Å². The highest BCUT2D eigenvalue weighted by Crippen LogP contribution is 2.51. The van der Waals surface area contributed by atoms with Crippen molar-refractivity contribution < 1.29 is 0 Å². The molecule has 0 amide bonds. The fraction of sp³-hybridized carbons (Fsp3) is 0.0714. The fourth-order valence-electron chi connectivity index (χ4n) is 9.61. The van der Waals surface area contributed by atoms with Gasteiger partial charge in [-0.25, -0.2) is 0 Å². The van der Waals surface area contributed by atoms with Crippen molar-refractivity contribution in [3.63, 3.8) is 0 Å². The lowest BCUT2D eigenvalue weighted by Gasteiger charge is -2.29. The molecule has 0 spiro atoms. The van der Waals surface area contributed by atoms with Crippen LogP contribution in [0.1, 0.15) is 30.5 Å². The summed E-state index contributed by atoms with van der Waals surface area (Å²) >= 11 is 1.90. The highest BCUT2D eigenvalue weighted by atomic mass is 32.2. The second-order valence-corrected chi connectivity index (χ2v) is 17.3. The van der Waals surface area contributed by atoms with E-state index >= 15 is 0 Å². The molecule has 59 heavy (non-hydrogen) atoms. The summed E-state index contributed by atoms with van der Waals surface area (Å²) < 4.78 is 2.51. The maximum absolute atomic E-state index is 4.23. The summed E-state index contributed by atoms with van der Waals surface area (Å²) in [6, 6.07) is 64.5. The number of anilines is 2. The Hall–Kier alpha value is -6.81. The molecule has 0 saturated carbocycles. The highest BCUT2D eigenvalue weighted by molar-refractivity contribution is 8.03. The number of thioether (sulfide) groups is 1. The monoisotopic (exact) mass is 774 g/mol. The minimum atomic E-state index is -0.122. The van der Waals surface area contributed by atoms with E-state index in [1.165, 1.54) is 87.0 Å². The van der Waals surface area contributed by atoms with E-state index in [1.54, 1.807) is 0 Å². The van der Waals surface area contributed by atoms with Gasteiger partial charge in [0.1, 0.15) is 0 Å². The lowest BCUT2D eigenvalue weighted by molar-refractivity contribution is 0.660. The first-order chi connectivity index (χ1) is 29.0. The van der Waals surface area contributed by atoms with E-state index in [-0.39, 0.29) is 5.41 Å². The SMILES string of the molecule is C=C/C=C(\C=C1/Cc2cccc(-n3c4ccccc4c4ccc5ccccc5c43)c2S1)N(c1ccc(-c2ccccc2)cc1)c1ccc2c(c1)C(C)(C)c1ccccc1-2. The van der Waals surface area contributed by atoms with Crippen LogP contribution in [0.15, 0.2) is 216 Å². The smallest absolute Gasteiger partial charge is 0.0619 e. The number of rotatable bonds is 7. The molecule has 2 nitrogen and oxygen atoms in total. The Morgan fingerprint density at radius 2 is 1.34 bits per heavy atom. The van der Waals surface area contributed by atoms with Crippen molar-refractivity contribution in [3.8, 4) is 27.9 Å². The molecule has 2 heterocycles.